The van der Waals surface area contributed by atoms with Gasteiger partial charge in [-0.1, -0.05) is 51.1 Å². The highest BCUT2D eigenvalue weighted by Crippen LogP contribution is 2.53. The Labute approximate surface area is 189 Å². The number of rotatable bonds is 7. The largest absolute Gasteiger partial charge is 0.458 e. The molecule has 0 spiro atoms. The van der Waals surface area contributed by atoms with Crippen molar-refractivity contribution in [2.75, 3.05) is 13.2 Å². The van der Waals surface area contributed by atoms with Crippen LogP contribution in [-0.2, 0) is 44.6 Å². The SMILES string of the molecule is CC(C)(C)OC(=O)COC[C@H]1O[C@@H]2OC3(C(C)(C)C)O[C@@H]2[C@@H](OCc2ccccc2)[C@@H]1O3. The summed E-state index contributed by atoms with van der Waals surface area (Å²) in [5.41, 5.74) is 0.0374. The number of ether oxygens (including phenoxy) is 7. The molecule has 0 amide bonds. The second kappa shape index (κ2) is 8.66. The lowest BCUT2D eigenvalue weighted by Crippen LogP contribution is -2.64. The molecular weight excluding hydrogens is 416 g/mol. The number of esters is 1. The van der Waals surface area contributed by atoms with E-state index >= 15 is 0 Å². The zero-order valence-electron chi connectivity index (χ0n) is 19.7. The summed E-state index contributed by atoms with van der Waals surface area (Å²) in [6.45, 7) is 11.8. The van der Waals surface area contributed by atoms with Gasteiger partial charge in [-0.2, -0.15) is 0 Å². The number of carbonyl (C=O) groups excluding carboxylic acids is 1. The third-order valence-corrected chi connectivity index (χ3v) is 5.57. The first-order valence-corrected chi connectivity index (χ1v) is 11.1. The second-order valence-electron chi connectivity index (χ2n) is 10.5. The maximum Gasteiger partial charge on any atom is 0.332 e. The monoisotopic (exact) mass is 450 g/mol. The fraction of sp³-hybridized carbons (Fsp3) is 0.708. The molecule has 6 atom stereocenters. The van der Waals surface area contributed by atoms with Crippen molar-refractivity contribution in [3.63, 3.8) is 0 Å². The van der Waals surface area contributed by atoms with Crippen molar-refractivity contribution in [2.45, 2.75) is 90.4 Å². The van der Waals surface area contributed by atoms with Crippen LogP contribution < -0.4 is 0 Å². The van der Waals surface area contributed by atoms with Gasteiger partial charge in [-0.05, 0) is 26.3 Å². The van der Waals surface area contributed by atoms with Crippen LogP contribution in [0.5, 0.6) is 0 Å². The molecule has 8 heteroatoms. The molecule has 3 saturated heterocycles. The van der Waals surface area contributed by atoms with Gasteiger partial charge in [0.25, 0.3) is 5.97 Å². The quantitative estimate of drug-likeness (QED) is 0.586. The van der Waals surface area contributed by atoms with E-state index in [1.165, 1.54) is 0 Å². The van der Waals surface area contributed by atoms with Gasteiger partial charge < -0.3 is 28.4 Å². The van der Waals surface area contributed by atoms with Crippen LogP contribution >= 0.6 is 0 Å². The van der Waals surface area contributed by atoms with Crippen molar-refractivity contribution >= 4 is 5.97 Å². The Bertz CT molecular complexity index is 798. The maximum atomic E-state index is 12.0. The summed E-state index contributed by atoms with van der Waals surface area (Å²) >= 11 is 0. The van der Waals surface area contributed by atoms with Crippen LogP contribution in [0.25, 0.3) is 0 Å². The fourth-order valence-corrected chi connectivity index (χ4v) is 4.09. The van der Waals surface area contributed by atoms with Crippen LogP contribution in [0, 0.1) is 5.41 Å². The molecule has 0 aromatic heterocycles. The Morgan fingerprint density at radius 2 is 1.69 bits per heavy atom. The Kier molecular flexibility index (Phi) is 6.39. The zero-order valence-corrected chi connectivity index (χ0v) is 19.7. The number of hydrogen-bond acceptors (Lipinski definition) is 8. The van der Waals surface area contributed by atoms with Crippen LogP contribution in [0.4, 0.5) is 0 Å². The lowest BCUT2D eigenvalue weighted by molar-refractivity contribution is -0.430. The van der Waals surface area contributed by atoms with Gasteiger partial charge >= 0.3 is 5.97 Å². The van der Waals surface area contributed by atoms with E-state index in [1.807, 2.05) is 71.9 Å². The Morgan fingerprint density at radius 3 is 2.34 bits per heavy atom. The molecule has 32 heavy (non-hydrogen) atoms. The van der Waals surface area contributed by atoms with Crippen LogP contribution in [-0.4, -0.2) is 61.5 Å². The number of fused-ring (bicyclic) bond motifs is 2. The van der Waals surface area contributed by atoms with Crippen molar-refractivity contribution in [1.82, 2.24) is 0 Å². The second-order valence-corrected chi connectivity index (χ2v) is 10.5. The van der Waals surface area contributed by atoms with Gasteiger partial charge in [0.2, 0.25) is 0 Å². The predicted molar refractivity (Wildman–Crippen MR) is 113 cm³/mol. The molecule has 8 nitrogen and oxygen atoms in total. The highest BCUT2D eigenvalue weighted by atomic mass is 17.0. The molecule has 3 heterocycles. The van der Waals surface area contributed by atoms with Crippen molar-refractivity contribution in [3.05, 3.63) is 35.9 Å². The average Bonchev–Trinajstić information content (AvgIpc) is 2.91. The number of benzene rings is 1. The van der Waals surface area contributed by atoms with Crippen LogP contribution in [0.15, 0.2) is 30.3 Å². The molecule has 0 radical (unpaired) electrons. The third-order valence-electron chi connectivity index (χ3n) is 5.57. The average molecular weight is 451 g/mol. The predicted octanol–water partition coefficient (Wildman–Crippen LogP) is 3.17. The zero-order chi connectivity index (χ0) is 23.1. The highest BCUT2D eigenvalue weighted by molar-refractivity contribution is 5.71. The molecular formula is C24H34O8. The fourth-order valence-electron chi connectivity index (χ4n) is 4.09. The third kappa shape index (κ3) is 4.85. The van der Waals surface area contributed by atoms with Gasteiger partial charge in [0.15, 0.2) is 6.29 Å². The molecule has 3 bridgehead atoms. The molecule has 0 aliphatic carbocycles. The Balaban J connectivity index is 1.45. The van der Waals surface area contributed by atoms with E-state index in [9.17, 15) is 4.79 Å². The Hall–Kier alpha value is -1.55. The van der Waals surface area contributed by atoms with E-state index in [0.29, 0.717) is 6.61 Å². The number of hydrogen-bond donors (Lipinski definition) is 0. The summed E-state index contributed by atoms with van der Waals surface area (Å²) in [4.78, 5) is 12.0. The molecule has 178 valence electrons. The smallest absolute Gasteiger partial charge is 0.332 e. The first kappa shape index (κ1) is 23.6. The van der Waals surface area contributed by atoms with Crippen molar-refractivity contribution < 1.29 is 38.0 Å². The summed E-state index contributed by atoms with van der Waals surface area (Å²) in [5.74, 6) is -1.65. The normalized spacial score (nSPS) is 34.0. The maximum absolute atomic E-state index is 12.0. The van der Waals surface area contributed by atoms with Gasteiger partial charge in [0.05, 0.1) is 13.2 Å². The summed E-state index contributed by atoms with van der Waals surface area (Å²) < 4.78 is 42.1. The lowest BCUT2D eigenvalue weighted by Gasteiger charge is -2.48. The molecule has 1 aromatic rings. The minimum absolute atomic E-state index is 0.141. The summed E-state index contributed by atoms with van der Waals surface area (Å²) in [6, 6.07) is 9.92. The Morgan fingerprint density at radius 1 is 1.00 bits per heavy atom. The molecule has 4 rings (SSSR count). The van der Waals surface area contributed by atoms with E-state index < -0.39 is 53.7 Å². The molecule has 1 unspecified atom stereocenters. The highest BCUT2D eigenvalue weighted by Gasteiger charge is 2.69. The topological polar surface area (TPSA) is 81.7 Å². The van der Waals surface area contributed by atoms with Gasteiger partial charge in [-0.3, -0.25) is 4.74 Å². The van der Waals surface area contributed by atoms with Gasteiger partial charge in [0, 0.05) is 5.41 Å². The number of carbonyl (C=O) groups is 1. The standard InChI is InChI=1S/C24H34O8/c1-22(2,3)24-30-18-16(13-26-14-17(25)29-23(4,5)6)28-21(32-24)20(31-24)19(18)27-12-15-10-8-7-9-11-15/h7-11,16,18-21H,12-14H2,1-6H3/t16-,18-,19+,20-,21-,24?/m1/s1. The summed E-state index contributed by atoms with van der Waals surface area (Å²) in [6.07, 6.45) is -2.42. The van der Waals surface area contributed by atoms with Gasteiger partial charge in [-0.25, -0.2) is 4.79 Å². The molecule has 3 aliphatic heterocycles. The van der Waals surface area contributed by atoms with Crippen LogP contribution in [0.1, 0.15) is 47.1 Å². The molecule has 3 aliphatic rings. The minimum Gasteiger partial charge on any atom is -0.458 e. The minimum atomic E-state index is -1.22. The van der Waals surface area contributed by atoms with Gasteiger partial charge in [0.1, 0.15) is 36.6 Å². The van der Waals surface area contributed by atoms with E-state index in [0.717, 1.165) is 5.56 Å². The first-order valence-electron chi connectivity index (χ1n) is 11.1. The molecule has 3 fully saturated rings. The molecule has 1 aromatic carbocycles. The van der Waals surface area contributed by atoms with Gasteiger partial charge in [-0.15, -0.1) is 0 Å². The summed E-state index contributed by atoms with van der Waals surface area (Å²) in [7, 11) is 0. The van der Waals surface area contributed by atoms with E-state index in [4.69, 9.17) is 33.2 Å². The lowest BCUT2D eigenvalue weighted by atomic mass is 9.91. The van der Waals surface area contributed by atoms with Crippen LogP contribution in [0.2, 0.25) is 0 Å². The van der Waals surface area contributed by atoms with E-state index in [-0.39, 0.29) is 13.2 Å². The van der Waals surface area contributed by atoms with Crippen molar-refractivity contribution in [1.29, 1.82) is 0 Å². The van der Waals surface area contributed by atoms with Crippen LogP contribution in [0.3, 0.4) is 0 Å². The first-order chi connectivity index (χ1) is 15.0. The van der Waals surface area contributed by atoms with E-state index in [1.54, 1.807) is 0 Å². The molecule has 0 saturated carbocycles. The van der Waals surface area contributed by atoms with Crippen molar-refractivity contribution in [3.8, 4) is 0 Å². The van der Waals surface area contributed by atoms with E-state index in [2.05, 4.69) is 0 Å². The van der Waals surface area contributed by atoms with Crippen molar-refractivity contribution in [2.24, 2.45) is 5.41 Å². The molecule has 0 N–H and O–H groups in total. The summed E-state index contributed by atoms with van der Waals surface area (Å²) in [5, 5.41) is 0.